The summed E-state index contributed by atoms with van der Waals surface area (Å²) >= 11 is 0. The Morgan fingerprint density at radius 1 is 1.44 bits per heavy atom. The monoisotopic (exact) mass is 215 g/mol. The molecule has 0 aliphatic carbocycles. The van der Waals surface area contributed by atoms with Crippen molar-refractivity contribution in [3.8, 4) is 11.4 Å². The Bertz CT molecular complexity index is 545. The third kappa shape index (κ3) is 1.60. The molecule has 1 radical (unpaired) electrons. The first kappa shape index (κ1) is 10.5. The second-order valence-corrected chi connectivity index (χ2v) is 3.50. The molecule has 81 valence electrons. The molecular formula is C11H11N4O. The number of aldehydes is 1. The summed E-state index contributed by atoms with van der Waals surface area (Å²) in [4.78, 5) is 15.0. The molecule has 0 aromatic carbocycles. The predicted octanol–water partition coefficient (Wildman–Crippen LogP) is 1.18. The molecule has 5 nitrogen and oxygen atoms in total. The standard InChI is InChI=1S/C11H11N4O/c1-7-9(6-16)4-5-10(12-7)11-8(2)15(3)14-13-11/h4-6H,2H2,1,3H3. The zero-order valence-electron chi connectivity index (χ0n) is 9.14. The number of carbonyl (C=O) groups excluding carboxylic acids is 1. The topological polar surface area (TPSA) is 60.7 Å². The van der Waals surface area contributed by atoms with Gasteiger partial charge in [0.1, 0.15) is 5.69 Å². The van der Waals surface area contributed by atoms with Gasteiger partial charge in [-0.25, -0.2) is 0 Å². The Morgan fingerprint density at radius 3 is 2.69 bits per heavy atom. The van der Waals surface area contributed by atoms with Crippen LogP contribution in [0.25, 0.3) is 11.4 Å². The van der Waals surface area contributed by atoms with E-state index in [1.165, 1.54) is 0 Å². The van der Waals surface area contributed by atoms with Gasteiger partial charge in [-0.2, -0.15) is 0 Å². The van der Waals surface area contributed by atoms with Gasteiger partial charge in [-0.1, -0.05) is 5.21 Å². The number of nitrogens with zero attached hydrogens (tertiary/aromatic N) is 4. The first-order valence-corrected chi connectivity index (χ1v) is 4.78. The fourth-order valence-electron chi connectivity index (χ4n) is 1.40. The quantitative estimate of drug-likeness (QED) is 0.706. The molecule has 5 heteroatoms. The zero-order chi connectivity index (χ0) is 11.7. The van der Waals surface area contributed by atoms with Crippen LogP contribution in [0.15, 0.2) is 12.1 Å². The summed E-state index contributed by atoms with van der Waals surface area (Å²) in [5.41, 5.74) is 3.28. The minimum absolute atomic E-state index is 0.582. The van der Waals surface area contributed by atoms with Crippen LogP contribution in [0, 0.1) is 13.8 Å². The molecule has 0 unspecified atom stereocenters. The van der Waals surface area contributed by atoms with Crippen molar-refractivity contribution < 1.29 is 4.79 Å². The molecule has 0 atom stereocenters. The summed E-state index contributed by atoms with van der Waals surface area (Å²) in [6.07, 6.45) is 0.786. The summed E-state index contributed by atoms with van der Waals surface area (Å²) in [7, 11) is 1.77. The second kappa shape index (κ2) is 3.84. The molecule has 2 heterocycles. The number of rotatable bonds is 2. The lowest BCUT2D eigenvalue weighted by Crippen LogP contribution is -1.95. The SMILES string of the molecule is [CH2]c1c(-c2ccc(C=O)c(C)n2)nnn1C. The van der Waals surface area contributed by atoms with E-state index in [1.807, 2.05) is 0 Å². The smallest absolute Gasteiger partial charge is 0.151 e. The molecule has 0 aliphatic rings. The highest BCUT2D eigenvalue weighted by Crippen LogP contribution is 2.18. The van der Waals surface area contributed by atoms with E-state index in [0.29, 0.717) is 28.3 Å². The zero-order valence-corrected chi connectivity index (χ0v) is 9.14. The molecule has 2 aromatic rings. The van der Waals surface area contributed by atoms with Crippen LogP contribution in [0.5, 0.6) is 0 Å². The van der Waals surface area contributed by atoms with Gasteiger partial charge in [-0.05, 0) is 26.0 Å². The van der Waals surface area contributed by atoms with E-state index in [4.69, 9.17) is 0 Å². The maximum Gasteiger partial charge on any atom is 0.151 e. The Balaban J connectivity index is 2.53. The average Bonchev–Trinajstić information content (AvgIpc) is 2.60. The molecule has 2 aromatic heterocycles. The maximum atomic E-state index is 10.7. The van der Waals surface area contributed by atoms with Crippen LogP contribution in [-0.4, -0.2) is 26.3 Å². The summed E-state index contributed by atoms with van der Waals surface area (Å²) < 4.78 is 1.58. The van der Waals surface area contributed by atoms with Gasteiger partial charge in [0.05, 0.1) is 11.4 Å². The van der Waals surface area contributed by atoms with Crippen LogP contribution in [0.2, 0.25) is 0 Å². The molecule has 2 rings (SSSR count). The van der Waals surface area contributed by atoms with Crippen LogP contribution in [0.3, 0.4) is 0 Å². The molecule has 16 heavy (non-hydrogen) atoms. The van der Waals surface area contributed by atoms with Crippen LogP contribution < -0.4 is 0 Å². The Kier molecular flexibility index (Phi) is 2.52. The maximum absolute atomic E-state index is 10.7. The van der Waals surface area contributed by atoms with Crippen molar-refractivity contribution in [3.63, 3.8) is 0 Å². The molecule has 0 spiro atoms. The number of aryl methyl sites for hydroxylation is 2. The largest absolute Gasteiger partial charge is 0.298 e. The van der Waals surface area contributed by atoms with E-state index in [1.54, 1.807) is 30.8 Å². The highest BCUT2D eigenvalue weighted by Gasteiger charge is 2.11. The van der Waals surface area contributed by atoms with Gasteiger partial charge in [-0.3, -0.25) is 14.5 Å². The minimum atomic E-state index is 0.582. The van der Waals surface area contributed by atoms with Crippen LogP contribution >= 0.6 is 0 Å². The number of hydrogen-bond acceptors (Lipinski definition) is 4. The highest BCUT2D eigenvalue weighted by molar-refractivity contribution is 5.77. The molecule has 0 saturated heterocycles. The van der Waals surface area contributed by atoms with Crippen molar-refractivity contribution in [2.45, 2.75) is 6.92 Å². The number of hydrogen-bond donors (Lipinski definition) is 0. The molecular weight excluding hydrogens is 204 g/mol. The van der Waals surface area contributed by atoms with E-state index in [0.717, 1.165) is 6.29 Å². The van der Waals surface area contributed by atoms with Crippen molar-refractivity contribution in [2.24, 2.45) is 7.05 Å². The van der Waals surface area contributed by atoms with Crippen molar-refractivity contribution in [3.05, 3.63) is 36.0 Å². The summed E-state index contributed by atoms with van der Waals surface area (Å²) in [6, 6.07) is 3.47. The van der Waals surface area contributed by atoms with Gasteiger partial charge in [-0.15, -0.1) is 5.10 Å². The van der Waals surface area contributed by atoms with Crippen molar-refractivity contribution in [1.29, 1.82) is 0 Å². The lowest BCUT2D eigenvalue weighted by Gasteiger charge is -2.01. The summed E-state index contributed by atoms with van der Waals surface area (Å²) in [5.74, 6) is 0. The molecule has 0 bridgehead atoms. The van der Waals surface area contributed by atoms with E-state index in [-0.39, 0.29) is 0 Å². The Hall–Kier alpha value is -2.04. The summed E-state index contributed by atoms with van der Waals surface area (Å²) in [5, 5.41) is 7.84. The molecule has 0 N–H and O–H groups in total. The second-order valence-electron chi connectivity index (χ2n) is 3.50. The van der Waals surface area contributed by atoms with E-state index < -0.39 is 0 Å². The fourth-order valence-corrected chi connectivity index (χ4v) is 1.40. The predicted molar refractivity (Wildman–Crippen MR) is 58.8 cm³/mol. The molecule has 0 fully saturated rings. The summed E-state index contributed by atoms with van der Waals surface area (Å²) in [6.45, 7) is 5.64. The first-order chi connectivity index (χ1) is 7.63. The van der Waals surface area contributed by atoms with E-state index in [9.17, 15) is 4.79 Å². The van der Waals surface area contributed by atoms with Gasteiger partial charge in [0, 0.05) is 18.3 Å². The van der Waals surface area contributed by atoms with Crippen LogP contribution in [0.1, 0.15) is 21.7 Å². The van der Waals surface area contributed by atoms with Crippen molar-refractivity contribution >= 4 is 6.29 Å². The van der Waals surface area contributed by atoms with Crippen LogP contribution in [0.4, 0.5) is 0 Å². The third-order valence-electron chi connectivity index (χ3n) is 2.44. The fraction of sp³-hybridized carbons (Fsp3) is 0.182. The van der Waals surface area contributed by atoms with Gasteiger partial charge in [0.2, 0.25) is 0 Å². The lowest BCUT2D eigenvalue weighted by molar-refractivity contribution is 0.112. The third-order valence-corrected chi connectivity index (χ3v) is 2.44. The lowest BCUT2D eigenvalue weighted by atomic mass is 10.1. The van der Waals surface area contributed by atoms with Gasteiger partial charge in [0.25, 0.3) is 0 Å². The highest BCUT2D eigenvalue weighted by atomic mass is 16.1. The minimum Gasteiger partial charge on any atom is -0.298 e. The number of pyridine rings is 1. The molecule has 0 saturated carbocycles. The molecule has 0 amide bonds. The number of aromatic nitrogens is 4. The van der Waals surface area contributed by atoms with E-state index in [2.05, 4.69) is 22.2 Å². The Labute approximate surface area is 93.1 Å². The van der Waals surface area contributed by atoms with E-state index >= 15 is 0 Å². The number of carbonyl (C=O) groups is 1. The van der Waals surface area contributed by atoms with Crippen molar-refractivity contribution in [1.82, 2.24) is 20.0 Å². The normalized spacial score (nSPS) is 10.4. The van der Waals surface area contributed by atoms with Gasteiger partial charge < -0.3 is 0 Å². The van der Waals surface area contributed by atoms with Gasteiger partial charge in [0.15, 0.2) is 6.29 Å². The van der Waals surface area contributed by atoms with Gasteiger partial charge >= 0.3 is 0 Å². The van der Waals surface area contributed by atoms with Crippen LogP contribution in [-0.2, 0) is 7.05 Å². The Morgan fingerprint density at radius 2 is 2.19 bits per heavy atom. The average molecular weight is 215 g/mol. The molecule has 0 aliphatic heterocycles. The van der Waals surface area contributed by atoms with Crippen molar-refractivity contribution in [2.75, 3.05) is 0 Å². The first-order valence-electron chi connectivity index (χ1n) is 4.78.